The van der Waals surface area contributed by atoms with Crippen LogP contribution < -0.4 is 0 Å². The second-order valence-electron chi connectivity index (χ2n) is 7.60. The van der Waals surface area contributed by atoms with Crippen LogP contribution in [0.25, 0.3) is 19.5 Å². The van der Waals surface area contributed by atoms with E-state index in [-0.39, 0.29) is 37.6 Å². The number of rotatable bonds is 12. The molecule has 3 heterocycles. The Kier molecular flexibility index (Phi) is 9.95. The zero-order chi connectivity index (χ0) is 26.9. The van der Waals surface area contributed by atoms with Gasteiger partial charge in [-0.3, -0.25) is 0 Å². The van der Waals surface area contributed by atoms with Crippen LogP contribution in [0, 0.1) is 0 Å². The minimum absolute atomic E-state index is 0.0389. The molecular weight excluding hydrogens is 536 g/mol. The van der Waals surface area contributed by atoms with Gasteiger partial charge in [0.1, 0.15) is 36.2 Å². The molecule has 11 heteroatoms. The number of carbonyl (C=O) groups is 4. The number of carbonyl (C=O) groups excluding carboxylic acids is 4. The minimum Gasteiger partial charge on any atom is -0.459 e. The molecule has 0 aliphatic heterocycles. The van der Waals surface area contributed by atoms with E-state index in [1.807, 2.05) is 24.3 Å². The van der Waals surface area contributed by atoms with Crippen LogP contribution in [0.2, 0.25) is 0 Å². The third-order valence-electron chi connectivity index (χ3n) is 4.50. The maximum Gasteiger partial charge on any atom is 0.348 e. The van der Waals surface area contributed by atoms with Crippen molar-refractivity contribution in [3.8, 4) is 19.5 Å². The van der Waals surface area contributed by atoms with Gasteiger partial charge < -0.3 is 18.9 Å². The molecule has 0 aromatic carbocycles. The summed E-state index contributed by atoms with van der Waals surface area (Å²) < 4.78 is 20.1. The molecule has 0 radical (unpaired) electrons. The van der Waals surface area contributed by atoms with Crippen LogP contribution in [0.3, 0.4) is 0 Å². The predicted octanol–water partition coefficient (Wildman–Crippen LogP) is 5.76. The first-order valence-electron chi connectivity index (χ1n) is 11.0. The first-order chi connectivity index (χ1) is 17.7. The van der Waals surface area contributed by atoms with E-state index in [4.69, 9.17) is 18.9 Å². The first kappa shape index (κ1) is 28.0. The summed E-state index contributed by atoms with van der Waals surface area (Å²) in [6.07, 6.45) is 0. The van der Waals surface area contributed by atoms with Crippen molar-refractivity contribution in [3.63, 3.8) is 0 Å². The highest BCUT2D eigenvalue weighted by Gasteiger charge is 2.16. The van der Waals surface area contributed by atoms with Gasteiger partial charge in [-0.1, -0.05) is 13.2 Å². The lowest BCUT2D eigenvalue weighted by Gasteiger charge is -2.05. The van der Waals surface area contributed by atoms with E-state index in [1.165, 1.54) is 47.9 Å². The van der Waals surface area contributed by atoms with Crippen molar-refractivity contribution in [2.75, 3.05) is 26.4 Å². The highest BCUT2D eigenvalue weighted by atomic mass is 32.1. The maximum atomic E-state index is 12.3. The molecule has 3 aromatic heterocycles. The zero-order valence-corrected chi connectivity index (χ0v) is 22.6. The molecule has 3 aromatic rings. The summed E-state index contributed by atoms with van der Waals surface area (Å²) in [6, 6.07) is 11.0. The van der Waals surface area contributed by atoms with E-state index in [1.54, 1.807) is 12.1 Å². The SMILES string of the molecule is C=C(C)C(=O)OCCOC(=O)c1ccc(-c2ccc(-c3ccc(C(=O)OCCOC(=O)C(=C)C)s3)s2)s1. The highest BCUT2D eigenvalue weighted by molar-refractivity contribution is 7.27. The molecule has 0 amide bonds. The highest BCUT2D eigenvalue weighted by Crippen LogP contribution is 2.40. The summed E-state index contributed by atoms with van der Waals surface area (Å²) in [7, 11) is 0. The fourth-order valence-electron chi connectivity index (χ4n) is 2.69. The van der Waals surface area contributed by atoms with Gasteiger partial charge >= 0.3 is 23.9 Å². The average molecular weight is 561 g/mol. The Morgan fingerprint density at radius 2 is 0.892 bits per heavy atom. The van der Waals surface area contributed by atoms with Crippen LogP contribution in [0.15, 0.2) is 60.7 Å². The lowest BCUT2D eigenvalue weighted by atomic mass is 10.3. The molecular formula is C26H24O8S3. The maximum absolute atomic E-state index is 12.3. The van der Waals surface area contributed by atoms with E-state index in [9.17, 15) is 19.2 Å². The molecule has 8 nitrogen and oxygen atoms in total. The van der Waals surface area contributed by atoms with Crippen LogP contribution in [0.5, 0.6) is 0 Å². The van der Waals surface area contributed by atoms with Gasteiger partial charge in [-0.15, -0.1) is 34.0 Å². The summed E-state index contributed by atoms with van der Waals surface area (Å²) in [5.41, 5.74) is 0.559. The van der Waals surface area contributed by atoms with Crippen molar-refractivity contribution in [2.24, 2.45) is 0 Å². The second-order valence-corrected chi connectivity index (χ2v) is 10.8. The quantitative estimate of drug-likeness (QED) is 0.119. The molecule has 194 valence electrons. The topological polar surface area (TPSA) is 105 Å². The smallest absolute Gasteiger partial charge is 0.348 e. The Bertz CT molecular complexity index is 1230. The number of esters is 4. The molecule has 0 aliphatic rings. The lowest BCUT2D eigenvalue weighted by molar-refractivity contribution is -0.140. The Morgan fingerprint density at radius 3 is 1.27 bits per heavy atom. The van der Waals surface area contributed by atoms with Gasteiger partial charge in [0, 0.05) is 30.7 Å². The van der Waals surface area contributed by atoms with Crippen LogP contribution in [-0.2, 0) is 28.5 Å². The van der Waals surface area contributed by atoms with Crippen molar-refractivity contribution < 1.29 is 38.1 Å². The Morgan fingerprint density at radius 1 is 0.568 bits per heavy atom. The summed E-state index contributed by atoms with van der Waals surface area (Å²) in [6.45, 7) is 9.88. The zero-order valence-electron chi connectivity index (χ0n) is 20.2. The largest absolute Gasteiger partial charge is 0.459 e. The fraction of sp³-hybridized carbons (Fsp3) is 0.231. The van der Waals surface area contributed by atoms with Crippen molar-refractivity contribution in [1.29, 1.82) is 0 Å². The van der Waals surface area contributed by atoms with Crippen LogP contribution in [0.4, 0.5) is 0 Å². The minimum atomic E-state index is -0.528. The molecule has 0 saturated carbocycles. The monoisotopic (exact) mass is 560 g/mol. The van der Waals surface area contributed by atoms with Gasteiger partial charge in [0.05, 0.1) is 0 Å². The number of hydrogen-bond acceptors (Lipinski definition) is 11. The average Bonchev–Trinajstić information content (AvgIpc) is 3.63. The van der Waals surface area contributed by atoms with E-state index < -0.39 is 23.9 Å². The van der Waals surface area contributed by atoms with Crippen molar-refractivity contribution in [2.45, 2.75) is 13.8 Å². The molecule has 0 fully saturated rings. The van der Waals surface area contributed by atoms with Crippen molar-refractivity contribution in [3.05, 3.63) is 70.5 Å². The van der Waals surface area contributed by atoms with Gasteiger partial charge in [-0.2, -0.15) is 0 Å². The summed E-state index contributed by atoms with van der Waals surface area (Å²) >= 11 is 4.13. The van der Waals surface area contributed by atoms with Crippen molar-refractivity contribution >= 4 is 57.9 Å². The van der Waals surface area contributed by atoms with E-state index in [0.29, 0.717) is 9.75 Å². The third-order valence-corrected chi connectivity index (χ3v) is 8.11. The van der Waals surface area contributed by atoms with E-state index in [2.05, 4.69) is 13.2 Å². The van der Waals surface area contributed by atoms with Crippen LogP contribution >= 0.6 is 34.0 Å². The van der Waals surface area contributed by atoms with E-state index in [0.717, 1.165) is 19.5 Å². The molecule has 0 spiro atoms. The molecule has 37 heavy (non-hydrogen) atoms. The summed E-state index contributed by atoms with van der Waals surface area (Å²) in [4.78, 5) is 51.9. The number of hydrogen-bond donors (Lipinski definition) is 0. The summed E-state index contributed by atoms with van der Waals surface area (Å²) in [5.74, 6) is -2.04. The van der Waals surface area contributed by atoms with Crippen molar-refractivity contribution in [1.82, 2.24) is 0 Å². The standard InChI is InChI=1S/C26H24O8S3/c1-15(2)23(27)31-11-13-33-25(29)21-9-7-19(36-21)17-5-6-18(35-17)20-8-10-22(37-20)26(30)34-14-12-32-24(28)16(3)4/h5-10H,1,3,11-14H2,2,4H3. The lowest BCUT2D eigenvalue weighted by Crippen LogP contribution is -2.13. The first-order valence-corrected chi connectivity index (χ1v) is 13.4. The van der Waals surface area contributed by atoms with Gasteiger partial charge in [-0.05, 0) is 50.2 Å². The predicted molar refractivity (Wildman–Crippen MR) is 143 cm³/mol. The molecule has 0 N–H and O–H groups in total. The van der Waals surface area contributed by atoms with Gasteiger partial charge in [0.15, 0.2) is 0 Å². The summed E-state index contributed by atoms with van der Waals surface area (Å²) in [5, 5.41) is 0. The van der Waals surface area contributed by atoms with Gasteiger partial charge in [0.25, 0.3) is 0 Å². The van der Waals surface area contributed by atoms with Crippen LogP contribution in [-0.4, -0.2) is 50.3 Å². The molecule has 0 unspecified atom stereocenters. The number of thiophene rings is 3. The molecule has 0 aliphatic carbocycles. The molecule has 3 rings (SSSR count). The number of ether oxygens (including phenoxy) is 4. The van der Waals surface area contributed by atoms with Crippen LogP contribution in [0.1, 0.15) is 33.2 Å². The Balaban J connectivity index is 1.52. The molecule has 0 atom stereocenters. The second kappa shape index (κ2) is 13.1. The Hall–Kier alpha value is -3.54. The third kappa shape index (κ3) is 7.97. The Labute approximate surface area is 225 Å². The van der Waals surface area contributed by atoms with Gasteiger partial charge in [0.2, 0.25) is 0 Å². The normalized spacial score (nSPS) is 10.4. The molecule has 0 bridgehead atoms. The molecule has 0 saturated heterocycles. The fourth-order valence-corrected chi connectivity index (χ4v) is 5.68. The van der Waals surface area contributed by atoms with Gasteiger partial charge in [-0.25, -0.2) is 19.2 Å². The van der Waals surface area contributed by atoms with E-state index >= 15 is 0 Å².